The number of hydrogen-bond acceptors (Lipinski definition) is 2. The molecule has 3 heteroatoms. The van der Waals surface area contributed by atoms with Gasteiger partial charge in [-0.25, -0.2) is 0 Å². The van der Waals surface area contributed by atoms with Crippen LogP contribution in [0.1, 0.15) is 65.2 Å². The van der Waals surface area contributed by atoms with Crippen LogP contribution >= 0.6 is 23.4 Å². The van der Waals surface area contributed by atoms with Crippen LogP contribution < -0.4 is 0 Å². The number of thioether (sulfide) groups is 1. The SMILES string of the molecule is CCCCCCCCCC(SCC)C(=O)Cl. The molecule has 0 spiro atoms. The Morgan fingerprint density at radius 3 is 2.12 bits per heavy atom. The minimum absolute atomic E-state index is 0.0299. The van der Waals surface area contributed by atoms with Gasteiger partial charge in [-0.15, -0.1) is 11.8 Å². The first-order valence-electron chi connectivity index (χ1n) is 6.53. The normalized spacial score (nSPS) is 12.7. The van der Waals surface area contributed by atoms with Gasteiger partial charge in [0.2, 0.25) is 5.24 Å². The summed E-state index contributed by atoms with van der Waals surface area (Å²) in [5.74, 6) is 0.972. The van der Waals surface area contributed by atoms with E-state index in [1.807, 2.05) is 0 Å². The Balaban J connectivity index is 3.37. The fourth-order valence-corrected chi connectivity index (χ4v) is 2.92. The second-order valence-electron chi connectivity index (χ2n) is 4.16. The third-order valence-corrected chi connectivity index (χ3v) is 4.27. The molecule has 0 saturated heterocycles. The molecule has 0 amide bonds. The molecule has 0 saturated carbocycles. The Morgan fingerprint density at radius 2 is 1.62 bits per heavy atom. The maximum absolute atomic E-state index is 11.1. The van der Waals surface area contributed by atoms with Gasteiger partial charge in [-0.2, -0.15) is 0 Å². The second-order valence-corrected chi connectivity index (χ2v) is 6.01. The predicted octanol–water partition coefficient (Wildman–Crippen LogP) is 5.01. The molecule has 0 aromatic rings. The average Bonchev–Trinajstić information content (AvgIpc) is 2.26. The van der Waals surface area contributed by atoms with Gasteiger partial charge in [-0.05, 0) is 23.8 Å². The Hall–Kier alpha value is 0.310. The molecule has 1 nitrogen and oxygen atoms in total. The Morgan fingerprint density at radius 1 is 1.06 bits per heavy atom. The zero-order valence-corrected chi connectivity index (χ0v) is 12.2. The summed E-state index contributed by atoms with van der Waals surface area (Å²) in [6.45, 7) is 4.31. The maximum atomic E-state index is 11.1. The lowest BCUT2D eigenvalue weighted by atomic mass is 10.1. The van der Waals surface area contributed by atoms with Gasteiger partial charge in [0.1, 0.15) is 0 Å². The fourth-order valence-electron chi connectivity index (χ4n) is 1.75. The van der Waals surface area contributed by atoms with E-state index in [-0.39, 0.29) is 10.5 Å². The smallest absolute Gasteiger partial charge is 0.234 e. The maximum Gasteiger partial charge on any atom is 0.234 e. The molecule has 0 aliphatic heterocycles. The van der Waals surface area contributed by atoms with Crippen LogP contribution in [0.3, 0.4) is 0 Å². The largest absolute Gasteiger partial charge is 0.280 e. The molecule has 0 fully saturated rings. The minimum Gasteiger partial charge on any atom is -0.280 e. The summed E-state index contributed by atoms with van der Waals surface area (Å²) < 4.78 is 0. The number of carbonyl (C=O) groups excluding carboxylic acids is 1. The molecule has 0 aliphatic carbocycles. The van der Waals surface area contributed by atoms with Crippen LogP contribution in [0.2, 0.25) is 0 Å². The highest BCUT2D eigenvalue weighted by molar-refractivity contribution is 8.00. The van der Waals surface area contributed by atoms with Gasteiger partial charge < -0.3 is 0 Å². The Kier molecular flexibility index (Phi) is 12.0. The van der Waals surface area contributed by atoms with Crippen LogP contribution in [0.5, 0.6) is 0 Å². The van der Waals surface area contributed by atoms with Crippen LogP contribution in [0.4, 0.5) is 0 Å². The summed E-state index contributed by atoms with van der Waals surface area (Å²) in [5, 5.41) is -0.139. The van der Waals surface area contributed by atoms with Gasteiger partial charge in [0.25, 0.3) is 0 Å². The topological polar surface area (TPSA) is 17.1 Å². The third kappa shape index (κ3) is 9.53. The lowest BCUT2D eigenvalue weighted by Crippen LogP contribution is -2.11. The Labute approximate surface area is 110 Å². The van der Waals surface area contributed by atoms with Crippen molar-refractivity contribution in [2.45, 2.75) is 70.5 Å². The summed E-state index contributed by atoms with van der Waals surface area (Å²) in [6.07, 6.45) is 10.0. The fraction of sp³-hybridized carbons (Fsp3) is 0.923. The van der Waals surface area contributed by atoms with Crippen molar-refractivity contribution in [3.63, 3.8) is 0 Å². The molecule has 0 N–H and O–H groups in total. The highest BCUT2D eigenvalue weighted by Crippen LogP contribution is 2.20. The average molecular weight is 265 g/mol. The Bertz CT molecular complexity index is 173. The molecule has 0 aromatic heterocycles. The van der Waals surface area contributed by atoms with Crippen LogP contribution in [0.25, 0.3) is 0 Å². The highest BCUT2D eigenvalue weighted by atomic mass is 35.5. The van der Waals surface area contributed by atoms with Gasteiger partial charge in [-0.1, -0.05) is 58.8 Å². The van der Waals surface area contributed by atoms with Crippen molar-refractivity contribution in [2.75, 3.05) is 5.75 Å². The number of halogens is 1. The quantitative estimate of drug-likeness (QED) is 0.385. The van der Waals surface area contributed by atoms with E-state index in [2.05, 4.69) is 13.8 Å². The minimum atomic E-state index is -0.169. The number of hydrogen-bond donors (Lipinski definition) is 0. The van der Waals surface area contributed by atoms with Crippen molar-refractivity contribution in [1.29, 1.82) is 0 Å². The van der Waals surface area contributed by atoms with E-state index in [1.165, 1.54) is 38.5 Å². The van der Waals surface area contributed by atoms with Gasteiger partial charge in [-0.3, -0.25) is 4.79 Å². The first kappa shape index (κ1) is 16.3. The molecule has 1 unspecified atom stereocenters. The molecule has 16 heavy (non-hydrogen) atoms. The second kappa shape index (κ2) is 11.8. The summed E-state index contributed by atoms with van der Waals surface area (Å²) in [4.78, 5) is 11.1. The van der Waals surface area contributed by atoms with Crippen LogP contribution in [-0.2, 0) is 4.79 Å². The number of unbranched alkanes of at least 4 members (excludes halogenated alkanes) is 6. The van der Waals surface area contributed by atoms with Crippen LogP contribution in [0, 0.1) is 0 Å². The van der Waals surface area contributed by atoms with Gasteiger partial charge in [0, 0.05) is 0 Å². The number of carbonyl (C=O) groups is 1. The van der Waals surface area contributed by atoms with E-state index in [4.69, 9.17) is 11.6 Å². The van der Waals surface area contributed by atoms with E-state index in [9.17, 15) is 4.79 Å². The van der Waals surface area contributed by atoms with Crippen molar-refractivity contribution in [3.8, 4) is 0 Å². The summed E-state index contributed by atoms with van der Waals surface area (Å²) in [6, 6.07) is 0. The molecule has 0 aromatic carbocycles. The van der Waals surface area contributed by atoms with Crippen molar-refractivity contribution in [3.05, 3.63) is 0 Å². The molecule has 1 atom stereocenters. The molecule has 0 aliphatic rings. The predicted molar refractivity (Wildman–Crippen MR) is 75.4 cm³/mol. The summed E-state index contributed by atoms with van der Waals surface area (Å²) >= 11 is 7.22. The monoisotopic (exact) mass is 264 g/mol. The molecule has 0 heterocycles. The first-order valence-corrected chi connectivity index (χ1v) is 7.96. The molecule has 0 bridgehead atoms. The standard InChI is InChI=1S/C13H25ClOS/c1-3-5-6-7-8-9-10-11-12(13(14)15)16-4-2/h12H,3-11H2,1-2H3. The highest BCUT2D eigenvalue weighted by Gasteiger charge is 2.14. The van der Waals surface area contributed by atoms with Crippen molar-refractivity contribution >= 4 is 28.6 Å². The van der Waals surface area contributed by atoms with Gasteiger partial charge in [0.15, 0.2) is 0 Å². The van der Waals surface area contributed by atoms with Gasteiger partial charge in [0.05, 0.1) is 5.25 Å². The van der Waals surface area contributed by atoms with Crippen LogP contribution in [-0.4, -0.2) is 16.2 Å². The van der Waals surface area contributed by atoms with E-state index < -0.39 is 0 Å². The first-order chi connectivity index (χ1) is 7.72. The number of rotatable bonds is 11. The lowest BCUT2D eigenvalue weighted by Gasteiger charge is -2.10. The molecular formula is C13H25ClOS. The van der Waals surface area contributed by atoms with Crippen molar-refractivity contribution in [1.82, 2.24) is 0 Å². The summed E-state index contributed by atoms with van der Waals surface area (Å²) in [5.41, 5.74) is 0. The molecule has 0 radical (unpaired) electrons. The van der Waals surface area contributed by atoms with Gasteiger partial charge >= 0.3 is 0 Å². The van der Waals surface area contributed by atoms with E-state index in [1.54, 1.807) is 11.8 Å². The summed E-state index contributed by atoms with van der Waals surface area (Å²) in [7, 11) is 0. The van der Waals surface area contributed by atoms with E-state index in [0.29, 0.717) is 0 Å². The molecule has 96 valence electrons. The molecular weight excluding hydrogens is 240 g/mol. The third-order valence-electron chi connectivity index (χ3n) is 2.69. The zero-order chi connectivity index (χ0) is 12.2. The lowest BCUT2D eigenvalue weighted by molar-refractivity contribution is -0.111. The van der Waals surface area contributed by atoms with E-state index in [0.717, 1.165) is 18.6 Å². The van der Waals surface area contributed by atoms with E-state index >= 15 is 0 Å². The zero-order valence-electron chi connectivity index (χ0n) is 10.6. The van der Waals surface area contributed by atoms with Crippen molar-refractivity contribution in [2.24, 2.45) is 0 Å². The van der Waals surface area contributed by atoms with Crippen LogP contribution in [0.15, 0.2) is 0 Å². The van der Waals surface area contributed by atoms with Crippen molar-refractivity contribution < 1.29 is 4.79 Å². The molecule has 0 rings (SSSR count).